The van der Waals surface area contributed by atoms with Crippen molar-refractivity contribution in [2.45, 2.75) is 25.4 Å². The second-order valence-corrected chi connectivity index (χ2v) is 7.98. The standard InChI is InChI=1S/C16H23N3O5S/c1-4-25(22,23)18-12-7-5-11(6-8-12)15(20)17-13-9-14(16(21)24-3)19(2)10-13/h5-8,13-14,18H,4,9-10H2,1-3H3,(H,17,20)/t13-,14-/m0/s1. The SMILES string of the molecule is CCS(=O)(=O)Nc1ccc(C(=O)N[C@H]2C[C@@H](C(=O)OC)N(C)C2)cc1. The van der Waals surface area contributed by atoms with Crippen LogP contribution in [0.4, 0.5) is 5.69 Å². The topological polar surface area (TPSA) is 105 Å². The molecule has 1 fully saturated rings. The van der Waals surface area contributed by atoms with Gasteiger partial charge < -0.3 is 10.1 Å². The van der Waals surface area contributed by atoms with Crippen molar-refractivity contribution in [2.75, 3.05) is 31.2 Å². The van der Waals surface area contributed by atoms with E-state index in [2.05, 4.69) is 10.0 Å². The van der Waals surface area contributed by atoms with E-state index < -0.39 is 10.0 Å². The molecule has 138 valence electrons. The normalized spacial score (nSPS) is 20.9. The predicted octanol–water partition coefficient (Wildman–Crippen LogP) is 0.424. The number of ether oxygens (including phenoxy) is 1. The van der Waals surface area contributed by atoms with Crippen LogP contribution in [0.2, 0.25) is 0 Å². The molecule has 9 heteroatoms. The highest BCUT2D eigenvalue weighted by Crippen LogP contribution is 2.18. The first-order valence-electron chi connectivity index (χ1n) is 7.95. The maximum absolute atomic E-state index is 12.3. The summed E-state index contributed by atoms with van der Waals surface area (Å²) in [6.45, 7) is 2.10. The van der Waals surface area contributed by atoms with Crippen LogP contribution in [0, 0.1) is 0 Å². The van der Waals surface area contributed by atoms with E-state index in [0.29, 0.717) is 24.2 Å². The number of rotatable bonds is 6. The molecule has 1 aromatic rings. The number of methoxy groups -OCH3 is 1. The van der Waals surface area contributed by atoms with Crippen molar-refractivity contribution >= 4 is 27.6 Å². The molecule has 1 aliphatic heterocycles. The number of hydrogen-bond donors (Lipinski definition) is 2. The number of nitrogens with one attached hydrogen (secondary N) is 2. The van der Waals surface area contributed by atoms with E-state index in [9.17, 15) is 18.0 Å². The Morgan fingerprint density at radius 3 is 2.48 bits per heavy atom. The Hall–Kier alpha value is -2.13. The Kier molecular flexibility index (Phi) is 6.02. The zero-order chi connectivity index (χ0) is 18.6. The van der Waals surface area contributed by atoms with E-state index in [1.54, 1.807) is 31.2 Å². The van der Waals surface area contributed by atoms with E-state index in [1.165, 1.54) is 7.11 Å². The maximum atomic E-state index is 12.3. The molecule has 8 nitrogen and oxygen atoms in total. The van der Waals surface area contributed by atoms with Gasteiger partial charge in [0.25, 0.3) is 5.91 Å². The average molecular weight is 369 g/mol. The Bertz CT molecular complexity index is 733. The first kappa shape index (κ1) is 19.2. The zero-order valence-electron chi connectivity index (χ0n) is 14.5. The number of sulfonamides is 1. The monoisotopic (exact) mass is 369 g/mol. The van der Waals surface area contributed by atoms with Crippen LogP contribution in [0.15, 0.2) is 24.3 Å². The third-order valence-corrected chi connectivity index (χ3v) is 5.46. The number of carbonyl (C=O) groups is 2. The fourth-order valence-corrected chi connectivity index (χ4v) is 3.37. The molecule has 0 bridgehead atoms. The third kappa shape index (κ3) is 4.93. The molecule has 2 N–H and O–H groups in total. The molecule has 1 aliphatic rings. The highest BCUT2D eigenvalue weighted by Gasteiger charge is 2.35. The number of likely N-dealkylation sites (tertiary alicyclic amines) is 1. The Balaban J connectivity index is 1.96. The molecule has 0 unspecified atom stereocenters. The van der Waals surface area contributed by atoms with Crippen LogP contribution in [-0.4, -0.2) is 63.7 Å². The van der Waals surface area contributed by atoms with Crippen molar-refractivity contribution in [3.8, 4) is 0 Å². The van der Waals surface area contributed by atoms with Crippen LogP contribution in [-0.2, 0) is 19.6 Å². The Morgan fingerprint density at radius 1 is 1.28 bits per heavy atom. The number of anilines is 1. The molecular formula is C16H23N3O5S. The molecule has 0 spiro atoms. The molecule has 2 atom stereocenters. The number of benzene rings is 1. The molecular weight excluding hydrogens is 346 g/mol. The zero-order valence-corrected chi connectivity index (χ0v) is 15.3. The van der Waals surface area contributed by atoms with Gasteiger partial charge in [0, 0.05) is 23.8 Å². The van der Waals surface area contributed by atoms with Crippen LogP contribution in [0.5, 0.6) is 0 Å². The molecule has 1 saturated heterocycles. The van der Waals surface area contributed by atoms with Crippen molar-refractivity contribution in [2.24, 2.45) is 0 Å². The minimum atomic E-state index is -3.35. The van der Waals surface area contributed by atoms with E-state index >= 15 is 0 Å². The third-order valence-electron chi connectivity index (χ3n) is 4.16. The molecule has 25 heavy (non-hydrogen) atoms. The minimum absolute atomic E-state index is 0.0220. The summed E-state index contributed by atoms with van der Waals surface area (Å²) >= 11 is 0. The average Bonchev–Trinajstić information content (AvgIpc) is 2.94. The lowest BCUT2D eigenvalue weighted by Crippen LogP contribution is -2.36. The van der Waals surface area contributed by atoms with Crippen LogP contribution in [0.25, 0.3) is 0 Å². The largest absolute Gasteiger partial charge is 0.468 e. The van der Waals surface area contributed by atoms with Crippen molar-refractivity contribution in [1.29, 1.82) is 0 Å². The van der Waals surface area contributed by atoms with Gasteiger partial charge in [-0.3, -0.25) is 19.2 Å². The number of carbonyl (C=O) groups excluding carboxylic acids is 2. The van der Waals surface area contributed by atoms with Gasteiger partial charge in [0.1, 0.15) is 6.04 Å². The van der Waals surface area contributed by atoms with Crippen molar-refractivity contribution < 1.29 is 22.7 Å². The number of likely N-dealkylation sites (N-methyl/N-ethyl adjacent to an activating group) is 1. The molecule has 1 amide bonds. The number of esters is 1. The van der Waals surface area contributed by atoms with Gasteiger partial charge in [0.2, 0.25) is 10.0 Å². The van der Waals surface area contributed by atoms with Gasteiger partial charge in [-0.1, -0.05) is 0 Å². The lowest BCUT2D eigenvalue weighted by Gasteiger charge is -2.15. The van der Waals surface area contributed by atoms with Crippen LogP contribution >= 0.6 is 0 Å². The first-order valence-corrected chi connectivity index (χ1v) is 9.60. The van der Waals surface area contributed by atoms with E-state index in [0.717, 1.165) is 0 Å². The van der Waals surface area contributed by atoms with Gasteiger partial charge >= 0.3 is 5.97 Å². The van der Waals surface area contributed by atoms with Gasteiger partial charge in [-0.05, 0) is 44.7 Å². The minimum Gasteiger partial charge on any atom is -0.468 e. The van der Waals surface area contributed by atoms with E-state index in [1.807, 2.05) is 11.9 Å². The second kappa shape index (κ2) is 7.83. The lowest BCUT2D eigenvalue weighted by molar-refractivity contribution is -0.145. The first-order chi connectivity index (χ1) is 11.8. The molecule has 2 rings (SSSR count). The number of hydrogen-bond acceptors (Lipinski definition) is 6. The van der Waals surface area contributed by atoms with Crippen molar-refractivity contribution in [3.63, 3.8) is 0 Å². The smallest absolute Gasteiger partial charge is 0.323 e. The summed E-state index contributed by atoms with van der Waals surface area (Å²) in [5.74, 6) is -0.605. The van der Waals surface area contributed by atoms with Crippen molar-refractivity contribution in [1.82, 2.24) is 10.2 Å². The number of nitrogens with zero attached hydrogens (tertiary/aromatic N) is 1. The summed E-state index contributed by atoms with van der Waals surface area (Å²) in [5.41, 5.74) is 0.827. The quantitative estimate of drug-likeness (QED) is 0.705. The maximum Gasteiger partial charge on any atom is 0.323 e. The predicted molar refractivity (Wildman–Crippen MR) is 93.8 cm³/mol. The summed E-state index contributed by atoms with van der Waals surface area (Å²) in [5, 5.41) is 2.89. The highest BCUT2D eigenvalue weighted by molar-refractivity contribution is 7.92. The molecule has 1 aromatic carbocycles. The number of amides is 1. The highest BCUT2D eigenvalue weighted by atomic mass is 32.2. The van der Waals surface area contributed by atoms with E-state index in [4.69, 9.17) is 4.74 Å². The van der Waals surface area contributed by atoms with Gasteiger partial charge in [-0.2, -0.15) is 0 Å². The molecule has 1 heterocycles. The fourth-order valence-electron chi connectivity index (χ4n) is 2.73. The molecule has 0 radical (unpaired) electrons. The van der Waals surface area contributed by atoms with Gasteiger partial charge in [0.05, 0.1) is 12.9 Å². The molecule has 0 aliphatic carbocycles. The fraction of sp³-hybridized carbons (Fsp3) is 0.500. The summed E-state index contributed by atoms with van der Waals surface area (Å²) in [6.07, 6.45) is 0.489. The van der Waals surface area contributed by atoms with Gasteiger partial charge in [-0.25, -0.2) is 8.42 Å². The van der Waals surface area contributed by atoms with Crippen LogP contribution in [0.3, 0.4) is 0 Å². The summed E-state index contributed by atoms with van der Waals surface area (Å²) < 4.78 is 30.2. The summed E-state index contributed by atoms with van der Waals surface area (Å²) in [6, 6.07) is 5.68. The van der Waals surface area contributed by atoms with Crippen molar-refractivity contribution in [3.05, 3.63) is 29.8 Å². The Labute approximate surface area is 147 Å². The second-order valence-electron chi connectivity index (χ2n) is 5.97. The molecule has 0 saturated carbocycles. The van der Waals surface area contributed by atoms with Crippen LogP contribution < -0.4 is 10.0 Å². The summed E-state index contributed by atoms with van der Waals surface area (Å²) in [7, 11) is -0.196. The lowest BCUT2D eigenvalue weighted by atomic mass is 10.1. The molecule has 0 aromatic heterocycles. The van der Waals surface area contributed by atoms with Gasteiger partial charge in [0.15, 0.2) is 0 Å². The summed E-state index contributed by atoms with van der Waals surface area (Å²) in [4.78, 5) is 25.8. The van der Waals surface area contributed by atoms with Gasteiger partial charge in [-0.15, -0.1) is 0 Å². The van der Waals surface area contributed by atoms with Crippen LogP contribution in [0.1, 0.15) is 23.7 Å². The Morgan fingerprint density at radius 2 is 1.92 bits per heavy atom. The van der Waals surface area contributed by atoms with E-state index in [-0.39, 0.29) is 29.7 Å².